The molecule has 0 amide bonds. The Labute approximate surface area is 193 Å². The molecular weight excluding hydrogens is 466 g/mol. The first kappa shape index (κ1) is 21.0. The highest BCUT2D eigenvalue weighted by atomic mass is 35.5. The molecule has 162 valence electrons. The van der Waals surface area contributed by atoms with E-state index in [0.717, 1.165) is 22.1 Å². The molecule has 0 saturated heterocycles. The lowest BCUT2D eigenvalue weighted by molar-refractivity contribution is 0.354. The lowest BCUT2D eigenvalue weighted by atomic mass is 9.94. The van der Waals surface area contributed by atoms with Crippen LogP contribution < -0.4 is 11.0 Å². The minimum atomic E-state index is -3.61. The maximum Gasteiger partial charge on any atom is 0.258 e. The van der Waals surface area contributed by atoms with Crippen molar-refractivity contribution in [3.63, 3.8) is 0 Å². The Bertz CT molecular complexity index is 1510. The molecule has 0 unspecified atom stereocenters. The number of sulfonamides is 1. The van der Waals surface area contributed by atoms with Crippen LogP contribution in [0.5, 0.6) is 0 Å². The molecule has 4 aromatic rings. The zero-order chi connectivity index (χ0) is 22.5. The summed E-state index contributed by atoms with van der Waals surface area (Å²) in [5, 5.41) is 3.20. The van der Waals surface area contributed by atoms with Crippen molar-refractivity contribution >= 4 is 49.6 Å². The average molecular weight is 484 g/mol. The van der Waals surface area contributed by atoms with Gasteiger partial charge >= 0.3 is 0 Å². The van der Waals surface area contributed by atoms with Crippen LogP contribution in [0.15, 0.2) is 76.9 Å². The Hall–Kier alpha value is -2.91. The van der Waals surface area contributed by atoms with Crippen molar-refractivity contribution in [1.82, 2.24) is 14.8 Å². The van der Waals surface area contributed by atoms with Gasteiger partial charge in [0.15, 0.2) is 0 Å². The van der Waals surface area contributed by atoms with Crippen LogP contribution in [0.2, 0.25) is 5.02 Å². The number of hydrazine groups is 1. The van der Waals surface area contributed by atoms with Gasteiger partial charge in [-0.3, -0.25) is 4.79 Å². The van der Waals surface area contributed by atoms with Crippen LogP contribution in [-0.4, -0.2) is 24.1 Å². The molecule has 2 aromatic carbocycles. The van der Waals surface area contributed by atoms with Gasteiger partial charge in [-0.05, 0) is 41.3 Å². The third-order valence-electron chi connectivity index (χ3n) is 5.31. The number of hydrogen-bond acceptors (Lipinski definition) is 5. The first-order valence-corrected chi connectivity index (χ1v) is 12.9. The molecule has 6 nitrogen and oxygen atoms in total. The van der Waals surface area contributed by atoms with Crippen molar-refractivity contribution in [1.29, 1.82) is 0 Å². The third kappa shape index (κ3) is 3.65. The summed E-state index contributed by atoms with van der Waals surface area (Å²) in [6, 6.07) is 18.0. The fourth-order valence-electron chi connectivity index (χ4n) is 3.96. The van der Waals surface area contributed by atoms with E-state index in [0.29, 0.717) is 27.4 Å². The lowest BCUT2D eigenvalue weighted by Crippen LogP contribution is -2.39. The van der Waals surface area contributed by atoms with E-state index in [-0.39, 0.29) is 5.56 Å². The van der Waals surface area contributed by atoms with Crippen LogP contribution >= 0.6 is 22.9 Å². The van der Waals surface area contributed by atoms with E-state index in [1.54, 1.807) is 24.3 Å². The number of thiophene rings is 1. The summed E-state index contributed by atoms with van der Waals surface area (Å²) in [6.07, 6.45) is 2.92. The van der Waals surface area contributed by atoms with Crippen molar-refractivity contribution in [2.24, 2.45) is 0 Å². The number of pyridine rings is 1. The summed E-state index contributed by atoms with van der Waals surface area (Å²) in [6.45, 7) is 0. The maximum atomic E-state index is 13.3. The normalized spacial score (nSPS) is 16.8. The van der Waals surface area contributed by atoms with Crippen molar-refractivity contribution in [2.75, 3.05) is 6.26 Å². The number of nitrogens with one attached hydrogen (secondary N) is 2. The van der Waals surface area contributed by atoms with Crippen LogP contribution in [0.25, 0.3) is 27.7 Å². The van der Waals surface area contributed by atoms with Gasteiger partial charge in [0, 0.05) is 26.4 Å². The van der Waals surface area contributed by atoms with E-state index >= 15 is 0 Å². The molecule has 9 heteroatoms. The summed E-state index contributed by atoms with van der Waals surface area (Å²) < 4.78 is 26.3. The van der Waals surface area contributed by atoms with Crippen LogP contribution in [0.4, 0.5) is 0 Å². The molecule has 1 aliphatic rings. The van der Waals surface area contributed by atoms with Gasteiger partial charge < -0.3 is 10.4 Å². The Morgan fingerprint density at radius 1 is 1.03 bits per heavy atom. The van der Waals surface area contributed by atoms with Crippen molar-refractivity contribution in [3.05, 3.63) is 97.9 Å². The summed E-state index contributed by atoms with van der Waals surface area (Å²) in [5.41, 5.74) is 5.60. The molecule has 0 spiro atoms. The van der Waals surface area contributed by atoms with Gasteiger partial charge in [-0.15, -0.1) is 15.8 Å². The molecule has 1 aliphatic heterocycles. The highest BCUT2D eigenvalue weighted by Gasteiger charge is 2.35. The number of hydrogen-bond donors (Lipinski definition) is 2. The predicted molar refractivity (Wildman–Crippen MR) is 130 cm³/mol. The van der Waals surface area contributed by atoms with Gasteiger partial charge in [0.2, 0.25) is 10.0 Å². The quantitative estimate of drug-likeness (QED) is 0.438. The molecule has 2 aromatic heterocycles. The zero-order valence-corrected chi connectivity index (χ0v) is 19.3. The van der Waals surface area contributed by atoms with Gasteiger partial charge in [-0.1, -0.05) is 48.0 Å². The molecule has 1 atom stereocenters. The SMILES string of the molecule is CS(=O)(=O)N1NC(c2c(-c3ccccc3)c3cc(Cl)ccc3[nH]c2=O)=C[C@H]1c1cccs1. The molecule has 2 N–H and O–H groups in total. The second-order valence-electron chi connectivity index (χ2n) is 7.47. The monoisotopic (exact) mass is 483 g/mol. The molecule has 3 heterocycles. The number of nitrogens with zero attached hydrogens (tertiary/aromatic N) is 1. The van der Waals surface area contributed by atoms with Crippen LogP contribution in [0, 0.1) is 0 Å². The Morgan fingerprint density at radius 3 is 2.50 bits per heavy atom. The molecule has 0 bridgehead atoms. The molecule has 0 saturated carbocycles. The summed E-state index contributed by atoms with van der Waals surface area (Å²) in [5.74, 6) is 0. The molecular formula is C23H18ClN3O3S2. The van der Waals surface area contributed by atoms with Gasteiger partial charge in [0.25, 0.3) is 5.56 Å². The molecule has 32 heavy (non-hydrogen) atoms. The van der Waals surface area contributed by atoms with E-state index in [1.165, 1.54) is 15.8 Å². The number of aromatic nitrogens is 1. The van der Waals surface area contributed by atoms with E-state index in [9.17, 15) is 13.2 Å². The van der Waals surface area contributed by atoms with Gasteiger partial charge in [0.1, 0.15) is 0 Å². The fourth-order valence-corrected chi connectivity index (χ4v) is 5.84. The maximum absolute atomic E-state index is 13.3. The lowest BCUT2D eigenvalue weighted by Gasteiger charge is -2.22. The van der Waals surface area contributed by atoms with Crippen molar-refractivity contribution in [3.8, 4) is 11.1 Å². The van der Waals surface area contributed by atoms with Crippen LogP contribution in [0.3, 0.4) is 0 Å². The van der Waals surface area contributed by atoms with Crippen molar-refractivity contribution in [2.45, 2.75) is 6.04 Å². The van der Waals surface area contributed by atoms with Gasteiger partial charge in [-0.25, -0.2) is 8.42 Å². The van der Waals surface area contributed by atoms with Gasteiger partial charge in [-0.2, -0.15) is 0 Å². The largest absolute Gasteiger partial charge is 0.321 e. The smallest absolute Gasteiger partial charge is 0.258 e. The zero-order valence-electron chi connectivity index (χ0n) is 16.9. The first-order valence-electron chi connectivity index (χ1n) is 9.75. The number of H-pyrrole nitrogens is 1. The van der Waals surface area contributed by atoms with Crippen LogP contribution in [0.1, 0.15) is 16.5 Å². The molecule has 0 radical (unpaired) electrons. The Balaban J connectivity index is 1.80. The second kappa shape index (κ2) is 7.90. The topological polar surface area (TPSA) is 82.3 Å². The minimum absolute atomic E-state index is 0.322. The number of aromatic amines is 1. The third-order valence-corrected chi connectivity index (χ3v) is 7.52. The van der Waals surface area contributed by atoms with E-state index in [1.807, 2.05) is 47.8 Å². The van der Waals surface area contributed by atoms with Gasteiger partial charge in [0.05, 0.1) is 23.6 Å². The predicted octanol–water partition coefficient (Wildman–Crippen LogP) is 4.77. The number of halogens is 1. The van der Waals surface area contributed by atoms with Crippen molar-refractivity contribution < 1.29 is 8.42 Å². The van der Waals surface area contributed by atoms with E-state index in [4.69, 9.17) is 11.6 Å². The highest BCUT2D eigenvalue weighted by molar-refractivity contribution is 7.88. The number of benzene rings is 2. The highest BCUT2D eigenvalue weighted by Crippen LogP contribution is 2.39. The summed E-state index contributed by atoms with van der Waals surface area (Å²) in [4.78, 5) is 17.1. The van der Waals surface area contributed by atoms with E-state index < -0.39 is 16.1 Å². The number of fused-ring (bicyclic) bond motifs is 1. The number of rotatable bonds is 4. The fraction of sp³-hybridized carbons (Fsp3) is 0.0870. The summed E-state index contributed by atoms with van der Waals surface area (Å²) >= 11 is 7.75. The van der Waals surface area contributed by atoms with Crippen LogP contribution in [-0.2, 0) is 10.0 Å². The van der Waals surface area contributed by atoms with E-state index in [2.05, 4.69) is 10.4 Å². The summed E-state index contributed by atoms with van der Waals surface area (Å²) in [7, 11) is -3.61. The molecule has 0 fully saturated rings. The first-order chi connectivity index (χ1) is 15.3. The minimum Gasteiger partial charge on any atom is -0.321 e. The second-order valence-corrected chi connectivity index (χ2v) is 10.7. The molecule has 0 aliphatic carbocycles. The average Bonchev–Trinajstić information content (AvgIpc) is 3.43. The molecule has 5 rings (SSSR count). The Kier molecular flexibility index (Phi) is 5.17. The standard InChI is InChI=1S/C23H18ClN3O3S2/c1-32(29,30)27-19(20-8-5-11-31-20)13-18(26-27)22-21(14-6-3-2-4-7-14)16-12-15(24)9-10-17(16)25-23(22)28/h2-13,19,26H,1H3,(H,25,28)/t19-/m0/s1. The Morgan fingerprint density at radius 2 is 1.81 bits per heavy atom.